The molecule has 54 valence electrons. The van der Waals surface area contributed by atoms with Crippen LogP contribution >= 0.6 is 0 Å². The first-order valence-electron chi connectivity index (χ1n) is 3.90. The van der Waals surface area contributed by atoms with E-state index in [9.17, 15) is 0 Å². The fourth-order valence-electron chi connectivity index (χ4n) is 1.72. The van der Waals surface area contributed by atoms with Crippen LogP contribution in [0.15, 0.2) is 0 Å². The van der Waals surface area contributed by atoms with Gasteiger partial charge in [0.05, 0.1) is 0 Å². The lowest BCUT2D eigenvalue weighted by molar-refractivity contribution is 0.307. The standard InChI is InChI=1S/C8H17N/c1-4-7-8(2,3)5-6-9-7/h7,9H,4-6H2,1-3H3. The third kappa shape index (κ3) is 1.26. The molecule has 0 radical (unpaired) electrons. The quantitative estimate of drug-likeness (QED) is 0.566. The van der Waals surface area contributed by atoms with Crippen molar-refractivity contribution in [1.29, 1.82) is 0 Å². The Morgan fingerprint density at radius 3 is 2.44 bits per heavy atom. The third-order valence-electron chi connectivity index (χ3n) is 2.51. The van der Waals surface area contributed by atoms with E-state index in [1.807, 2.05) is 0 Å². The van der Waals surface area contributed by atoms with E-state index in [2.05, 4.69) is 26.1 Å². The molecule has 1 saturated heterocycles. The van der Waals surface area contributed by atoms with Crippen LogP contribution in [-0.2, 0) is 0 Å². The van der Waals surface area contributed by atoms with Gasteiger partial charge in [-0.25, -0.2) is 0 Å². The van der Waals surface area contributed by atoms with E-state index in [1.54, 1.807) is 0 Å². The number of hydrogen-bond acceptors (Lipinski definition) is 1. The maximum absolute atomic E-state index is 3.50. The number of rotatable bonds is 1. The van der Waals surface area contributed by atoms with Crippen molar-refractivity contribution in [3.8, 4) is 0 Å². The first-order chi connectivity index (χ1) is 4.17. The molecule has 0 aromatic rings. The van der Waals surface area contributed by atoms with Gasteiger partial charge < -0.3 is 5.32 Å². The fourth-order valence-corrected chi connectivity index (χ4v) is 1.72. The molecule has 0 saturated carbocycles. The van der Waals surface area contributed by atoms with Gasteiger partial charge in [-0.1, -0.05) is 20.8 Å². The topological polar surface area (TPSA) is 12.0 Å². The Hall–Kier alpha value is -0.0400. The Morgan fingerprint density at radius 2 is 2.22 bits per heavy atom. The molecule has 1 fully saturated rings. The summed E-state index contributed by atoms with van der Waals surface area (Å²) in [6.07, 6.45) is 2.61. The molecule has 9 heavy (non-hydrogen) atoms. The molecule has 1 N–H and O–H groups in total. The molecule has 0 aromatic heterocycles. The Morgan fingerprint density at radius 1 is 1.56 bits per heavy atom. The molecule has 0 spiro atoms. The second kappa shape index (κ2) is 2.30. The molecule has 1 aliphatic heterocycles. The summed E-state index contributed by atoms with van der Waals surface area (Å²) in [6, 6.07) is 0.762. The fraction of sp³-hybridized carbons (Fsp3) is 1.00. The highest BCUT2D eigenvalue weighted by atomic mass is 15.0. The van der Waals surface area contributed by atoms with E-state index in [1.165, 1.54) is 19.4 Å². The van der Waals surface area contributed by atoms with Gasteiger partial charge in [0.25, 0.3) is 0 Å². The highest BCUT2D eigenvalue weighted by molar-refractivity contribution is 4.89. The minimum Gasteiger partial charge on any atom is -0.313 e. The van der Waals surface area contributed by atoms with Crippen LogP contribution in [0.1, 0.15) is 33.6 Å². The van der Waals surface area contributed by atoms with Gasteiger partial charge in [-0.2, -0.15) is 0 Å². The zero-order valence-corrected chi connectivity index (χ0v) is 6.70. The molecule has 1 heteroatoms. The van der Waals surface area contributed by atoms with E-state index in [-0.39, 0.29) is 0 Å². The van der Waals surface area contributed by atoms with Gasteiger partial charge in [-0.3, -0.25) is 0 Å². The van der Waals surface area contributed by atoms with Gasteiger partial charge in [0.2, 0.25) is 0 Å². The van der Waals surface area contributed by atoms with Crippen molar-refractivity contribution in [2.45, 2.75) is 39.7 Å². The highest BCUT2D eigenvalue weighted by Gasteiger charge is 2.32. The van der Waals surface area contributed by atoms with Crippen molar-refractivity contribution in [2.24, 2.45) is 5.41 Å². The first-order valence-corrected chi connectivity index (χ1v) is 3.90. The Balaban J connectivity index is 2.52. The van der Waals surface area contributed by atoms with Crippen LogP contribution in [0.5, 0.6) is 0 Å². The molecule has 0 amide bonds. The average molecular weight is 127 g/mol. The minimum atomic E-state index is 0.550. The van der Waals surface area contributed by atoms with Crippen LogP contribution in [-0.4, -0.2) is 12.6 Å². The van der Waals surface area contributed by atoms with Gasteiger partial charge in [0.15, 0.2) is 0 Å². The maximum Gasteiger partial charge on any atom is 0.0116 e. The van der Waals surface area contributed by atoms with E-state index < -0.39 is 0 Å². The smallest absolute Gasteiger partial charge is 0.0116 e. The van der Waals surface area contributed by atoms with Gasteiger partial charge >= 0.3 is 0 Å². The molecular formula is C8H17N. The number of nitrogens with one attached hydrogen (secondary N) is 1. The van der Waals surface area contributed by atoms with Crippen molar-refractivity contribution in [3.63, 3.8) is 0 Å². The van der Waals surface area contributed by atoms with Crippen LogP contribution in [0.25, 0.3) is 0 Å². The van der Waals surface area contributed by atoms with E-state index >= 15 is 0 Å². The van der Waals surface area contributed by atoms with Crippen LogP contribution in [0.3, 0.4) is 0 Å². The van der Waals surface area contributed by atoms with Gasteiger partial charge in [0, 0.05) is 6.04 Å². The molecular weight excluding hydrogens is 110 g/mol. The van der Waals surface area contributed by atoms with Crippen LogP contribution < -0.4 is 5.32 Å². The largest absolute Gasteiger partial charge is 0.313 e. The Bertz CT molecular complexity index is 96.7. The third-order valence-corrected chi connectivity index (χ3v) is 2.51. The lowest BCUT2D eigenvalue weighted by Crippen LogP contribution is -2.31. The van der Waals surface area contributed by atoms with Crippen LogP contribution in [0.2, 0.25) is 0 Å². The summed E-state index contributed by atoms with van der Waals surface area (Å²) in [4.78, 5) is 0. The minimum absolute atomic E-state index is 0.550. The van der Waals surface area contributed by atoms with Gasteiger partial charge in [0.1, 0.15) is 0 Å². The van der Waals surface area contributed by atoms with Crippen LogP contribution in [0, 0.1) is 5.41 Å². The van der Waals surface area contributed by atoms with Crippen molar-refractivity contribution in [1.82, 2.24) is 5.32 Å². The predicted octanol–water partition coefficient (Wildman–Crippen LogP) is 1.78. The zero-order valence-electron chi connectivity index (χ0n) is 6.70. The summed E-state index contributed by atoms with van der Waals surface area (Å²) in [6.45, 7) is 8.17. The molecule has 0 bridgehead atoms. The molecule has 1 unspecified atom stereocenters. The molecule has 0 aromatic carbocycles. The molecule has 0 aliphatic carbocycles. The van der Waals surface area contributed by atoms with E-state index in [0.29, 0.717) is 5.41 Å². The van der Waals surface area contributed by atoms with Crippen molar-refractivity contribution >= 4 is 0 Å². The molecule has 1 rings (SSSR count). The maximum atomic E-state index is 3.50. The lowest BCUT2D eigenvalue weighted by atomic mass is 9.84. The van der Waals surface area contributed by atoms with Gasteiger partial charge in [-0.05, 0) is 24.8 Å². The van der Waals surface area contributed by atoms with Crippen molar-refractivity contribution in [3.05, 3.63) is 0 Å². The first kappa shape index (κ1) is 7.07. The van der Waals surface area contributed by atoms with Crippen molar-refractivity contribution in [2.75, 3.05) is 6.54 Å². The molecule has 1 atom stereocenters. The monoisotopic (exact) mass is 127 g/mol. The normalized spacial score (nSPS) is 33.0. The zero-order chi connectivity index (χ0) is 6.91. The second-order valence-corrected chi connectivity index (χ2v) is 3.65. The Kier molecular flexibility index (Phi) is 1.80. The molecule has 1 nitrogen and oxygen atoms in total. The highest BCUT2D eigenvalue weighted by Crippen LogP contribution is 2.30. The summed E-state index contributed by atoms with van der Waals surface area (Å²) >= 11 is 0. The summed E-state index contributed by atoms with van der Waals surface area (Å²) in [5.41, 5.74) is 0.550. The summed E-state index contributed by atoms with van der Waals surface area (Å²) in [5, 5.41) is 3.50. The van der Waals surface area contributed by atoms with E-state index in [4.69, 9.17) is 0 Å². The summed E-state index contributed by atoms with van der Waals surface area (Å²) in [5.74, 6) is 0. The molecule has 1 heterocycles. The van der Waals surface area contributed by atoms with Gasteiger partial charge in [-0.15, -0.1) is 0 Å². The lowest BCUT2D eigenvalue weighted by Gasteiger charge is -2.24. The van der Waals surface area contributed by atoms with E-state index in [0.717, 1.165) is 6.04 Å². The Labute approximate surface area is 57.8 Å². The summed E-state index contributed by atoms with van der Waals surface area (Å²) < 4.78 is 0. The predicted molar refractivity (Wildman–Crippen MR) is 40.5 cm³/mol. The SMILES string of the molecule is CCC1NCCC1(C)C. The average Bonchev–Trinajstić information content (AvgIpc) is 2.08. The number of hydrogen-bond donors (Lipinski definition) is 1. The summed E-state index contributed by atoms with van der Waals surface area (Å²) in [7, 11) is 0. The van der Waals surface area contributed by atoms with Crippen LogP contribution in [0.4, 0.5) is 0 Å². The molecule has 1 aliphatic rings. The van der Waals surface area contributed by atoms with Crippen molar-refractivity contribution < 1.29 is 0 Å². The second-order valence-electron chi connectivity index (χ2n) is 3.65.